The summed E-state index contributed by atoms with van der Waals surface area (Å²) in [4.78, 5) is 0.380. The summed E-state index contributed by atoms with van der Waals surface area (Å²) in [5, 5.41) is 0. The monoisotopic (exact) mass is 331 g/mol. The number of alkyl halides is 1. The van der Waals surface area contributed by atoms with Gasteiger partial charge in [0.2, 0.25) is 10.0 Å². The molecule has 1 heterocycles. The van der Waals surface area contributed by atoms with E-state index in [2.05, 4.69) is 0 Å². The van der Waals surface area contributed by atoms with Gasteiger partial charge in [0, 0.05) is 32.7 Å². The first kappa shape index (κ1) is 16.7. The van der Waals surface area contributed by atoms with Crippen LogP contribution < -0.4 is 0 Å². The van der Waals surface area contributed by atoms with E-state index in [4.69, 9.17) is 16.3 Å². The Hall–Kier alpha value is -0.620. The maximum absolute atomic E-state index is 12.8. The van der Waals surface area contributed by atoms with Crippen LogP contribution in [0.15, 0.2) is 23.1 Å². The van der Waals surface area contributed by atoms with Crippen LogP contribution in [0.1, 0.15) is 24.0 Å². The van der Waals surface area contributed by atoms with E-state index in [9.17, 15) is 8.42 Å². The van der Waals surface area contributed by atoms with Gasteiger partial charge < -0.3 is 4.74 Å². The molecule has 0 bridgehead atoms. The molecule has 0 radical (unpaired) electrons. The van der Waals surface area contributed by atoms with Crippen molar-refractivity contribution in [1.82, 2.24) is 4.31 Å². The van der Waals surface area contributed by atoms with Crippen molar-refractivity contribution in [2.45, 2.75) is 30.5 Å². The highest BCUT2D eigenvalue weighted by molar-refractivity contribution is 7.89. The third kappa shape index (κ3) is 3.77. The van der Waals surface area contributed by atoms with Gasteiger partial charge >= 0.3 is 0 Å². The fourth-order valence-corrected chi connectivity index (χ4v) is 4.61. The Morgan fingerprint density at radius 1 is 1.33 bits per heavy atom. The van der Waals surface area contributed by atoms with Crippen LogP contribution in [0.5, 0.6) is 0 Å². The first-order valence-corrected chi connectivity index (χ1v) is 9.11. The Kier molecular flexibility index (Phi) is 5.66. The average molecular weight is 332 g/mol. The normalized spacial score (nSPS) is 18.0. The summed E-state index contributed by atoms with van der Waals surface area (Å²) in [5.74, 6) is 0.773. The lowest BCUT2D eigenvalue weighted by Crippen LogP contribution is -2.39. The molecule has 0 saturated carbocycles. The van der Waals surface area contributed by atoms with Gasteiger partial charge in [-0.3, -0.25) is 0 Å². The summed E-state index contributed by atoms with van der Waals surface area (Å²) in [7, 11) is -1.75. The second-order valence-corrected chi connectivity index (χ2v) is 7.71. The third-order valence-corrected chi connectivity index (χ3v) is 6.35. The molecule has 1 saturated heterocycles. The predicted octanol–water partition coefficient (Wildman–Crippen LogP) is 2.78. The second-order valence-electron chi connectivity index (χ2n) is 5.54. The summed E-state index contributed by atoms with van der Waals surface area (Å²) >= 11 is 5.82. The van der Waals surface area contributed by atoms with Crippen LogP contribution in [-0.2, 0) is 20.6 Å². The van der Waals surface area contributed by atoms with E-state index in [-0.39, 0.29) is 0 Å². The molecule has 1 aliphatic rings. The molecule has 0 unspecified atom stereocenters. The minimum atomic E-state index is -3.43. The minimum Gasteiger partial charge on any atom is -0.384 e. The number of benzene rings is 1. The Labute approximate surface area is 132 Å². The lowest BCUT2D eigenvalue weighted by molar-refractivity contribution is 0.121. The van der Waals surface area contributed by atoms with E-state index in [0.717, 1.165) is 24.0 Å². The number of halogens is 1. The number of ether oxygens (including phenoxy) is 1. The molecular weight excluding hydrogens is 310 g/mol. The maximum atomic E-state index is 12.8. The Balaban J connectivity index is 2.19. The van der Waals surface area contributed by atoms with Gasteiger partial charge in [-0.05, 0) is 42.9 Å². The predicted molar refractivity (Wildman–Crippen MR) is 84.1 cm³/mol. The Morgan fingerprint density at radius 2 is 2.00 bits per heavy atom. The lowest BCUT2D eigenvalue weighted by Gasteiger charge is -2.31. The van der Waals surface area contributed by atoms with E-state index in [0.29, 0.717) is 36.4 Å². The van der Waals surface area contributed by atoms with Gasteiger partial charge in [0.25, 0.3) is 0 Å². The van der Waals surface area contributed by atoms with Crippen molar-refractivity contribution in [2.24, 2.45) is 5.92 Å². The standard InChI is InChI=1S/C15H22ClNO3S/c1-12-3-4-14(10-16)9-15(12)21(18,19)17-7-5-13(6-8-17)11-20-2/h3-4,9,13H,5-8,10-11H2,1-2H3. The van der Waals surface area contributed by atoms with Crippen molar-refractivity contribution < 1.29 is 13.2 Å². The third-order valence-electron chi connectivity index (χ3n) is 4.00. The second kappa shape index (κ2) is 7.09. The molecule has 0 aliphatic carbocycles. The summed E-state index contributed by atoms with van der Waals surface area (Å²) in [6, 6.07) is 5.38. The molecule has 0 aromatic heterocycles. The van der Waals surface area contributed by atoms with Gasteiger partial charge in [0.05, 0.1) is 4.90 Å². The van der Waals surface area contributed by atoms with Gasteiger partial charge in [-0.25, -0.2) is 8.42 Å². The zero-order valence-corrected chi connectivity index (χ0v) is 14.1. The van der Waals surface area contributed by atoms with Gasteiger partial charge in [0.1, 0.15) is 0 Å². The summed E-state index contributed by atoms with van der Waals surface area (Å²) in [5.41, 5.74) is 1.60. The quantitative estimate of drug-likeness (QED) is 0.779. The molecule has 4 nitrogen and oxygen atoms in total. The largest absolute Gasteiger partial charge is 0.384 e. The van der Waals surface area contributed by atoms with Gasteiger partial charge in [-0.15, -0.1) is 11.6 Å². The molecule has 6 heteroatoms. The van der Waals surface area contributed by atoms with Gasteiger partial charge in [-0.1, -0.05) is 12.1 Å². The van der Waals surface area contributed by atoms with E-state index >= 15 is 0 Å². The summed E-state index contributed by atoms with van der Waals surface area (Å²) in [6.45, 7) is 3.64. The van der Waals surface area contributed by atoms with Crippen molar-refractivity contribution in [3.63, 3.8) is 0 Å². The molecule has 21 heavy (non-hydrogen) atoms. The molecule has 118 valence electrons. The SMILES string of the molecule is COCC1CCN(S(=O)(=O)c2cc(CCl)ccc2C)CC1. The number of nitrogens with zero attached hydrogens (tertiary/aromatic N) is 1. The number of rotatable bonds is 5. The zero-order valence-electron chi connectivity index (χ0n) is 12.5. The molecule has 1 fully saturated rings. The lowest BCUT2D eigenvalue weighted by atomic mass is 9.99. The van der Waals surface area contributed by atoms with Crippen LogP contribution in [0.2, 0.25) is 0 Å². The first-order chi connectivity index (χ1) is 9.98. The zero-order chi connectivity index (χ0) is 15.5. The highest BCUT2D eigenvalue weighted by atomic mass is 35.5. The summed E-state index contributed by atoms with van der Waals surface area (Å²) < 4.78 is 32.3. The van der Waals surface area contributed by atoms with Crippen LogP contribution >= 0.6 is 11.6 Å². The highest BCUT2D eigenvalue weighted by Crippen LogP contribution is 2.26. The number of piperidine rings is 1. The smallest absolute Gasteiger partial charge is 0.243 e. The van der Waals surface area contributed by atoms with Crippen molar-refractivity contribution in [1.29, 1.82) is 0 Å². The number of methoxy groups -OCH3 is 1. The highest BCUT2D eigenvalue weighted by Gasteiger charge is 2.30. The number of sulfonamides is 1. The first-order valence-electron chi connectivity index (χ1n) is 7.13. The molecule has 0 atom stereocenters. The number of hydrogen-bond donors (Lipinski definition) is 0. The van der Waals surface area contributed by atoms with Crippen LogP contribution in [0.4, 0.5) is 0 Å². The molecule has 0 N–H and O–H groups in total. The Bertz CT molecular complexity index is 581. The van der Waals surface area contributed by atoms with Crippen molar-refractivity contribution >= 4 is 21.6 Å². The van der Waals surface area contributed by atoms with E-state index in [1.807, 2.05) is 19.1 Å². The van der Waals surface area contributed by atoms with Crippen LogP contribution in [0.3, 0.4) is 0 Å². The molecule has 1 aromatic carbocycles. The molecular formula is C15H22ClNO3S. The van der Waals surface area contributed by atoms with Gasteiger partial charge in [-0.2, -0.15) is 4.31 Å². The summed E-state index contributed by atoms with van der Waals surface area (Å²) in [6.07, 6.45) is 1.70. The molecule has 2 rings (SSSR count). The van der Waals surface area contributed by atoms with Crippen molar-refractivity contribution in [3.05, 3.63) is 29.3 Å². The number of aryl methyl sites for hydroxylation is 1. The van der Waals surface area contributed by atoms with Crippen LogP contribution in [0.25, 0.3) is 0 Å². The van der Waals surface area contributed by atoms with Crippen LogP contribution in [0, 0.1) is 12.8 Å². The molecule has 0 amide bonds. The fourth-order valence-electron chi connectivity index (χ4n) is 2.70. The maximum Gasteiger partial charge on any atom is 0.243 e. The van der Waals surface area contributed by atoms with E-state index in [1.54, 1.807) is 17.5 Å². The number of hydrogen-bond acceptors (Lipinski definition) is 3. The molecule has 1 aliphatic heterocycles. The van der Waals surface area contributed by atoms with Crippen molar-refractivity contribution in [2.75, 3.05) is 26.8 Å². The molecule has 0 spiro atoms. The van der Waals surface area contributed by atoms with Gasteiger partial charge in [0.15, 0.2) is 0 Å². The topological polar surface area (TPSA) is 46.6 Å². The minimum absolute atomic E-state index is 0.318. The van der Waals surface area contributed by atoms with E-state index in [1.165, 1.54) is 0 Å². The van der Waals surface area contributed by atoms with Crippen LogP contribution in [-0.4, -0.2) is 39.5 Å². The van der Waals surface area contributed by atoms with E-state index < -0.39 is 10.0 Å². The average Bonchev–Trinajstić information content (AvgIpc) is 2.48. The molecule has 1 aromatic rings. The fraction of sp³-hybridized carbons (Fsp3) is 0.600. The Morgan fingerprint density at radius 3 is 2.57 bits per heavy atom. The van der Waals surface area contributed by atoms with Crippen molar-refractivity contribution in [3.8, 4) is 0 Å².